The van der Waals surface area contributed by atoms with Crippen molar-refractivity contribution in [1.82, 2.24) is 9.47 Å². The van der Waals surface area contributed by atoms with E-state index in [0.29, 0.717) is 37.2 Å². The molecular weight excluding hydrogens is 448 g/mol. The van der Waals surface area contributed by atoms with Crippen molar-refractivity contribution >= 4 is 15.7 Å². The van der Waals surface area contributed by atoms with Crippen molar-refractivity contribution in [2.45, 2.75) is 49.7 Å². The van der Waals surface area contributed by atoms with Gasteiger partial charge in [-0.25, -0.2) is 8.42 Å². The largest absolute Gasteiger partial charge is 0.479 e. The quantitative estimate of drug-likeness (QED) is 0.535. The summed E-state index contributed by atoms with van der Waals surface area (Å²) >= 11 is 0. The van der Waals surface area contributed by atoms with E-state index in [1.54, 1.807) is 6.07 Å². The molecule has 1 fully saturated rings. The van der Waals surface area contributed by atoms with E-state index < -0.39 is 15.4 Å². The summed E-state index contributed by atoms with van der Waals surface area (Å²) in [4.78, 5) is 15.1. The van der Waals surface area contributed by atoms with Gasteiger partial charge in [0.15, 0.2) is 15.4 Å². The van der Waals surface area contributed by atoms with Crippen LogP contribution in [0.1, 0.15) is 55.2 Å². The minimum Gasteiger partial charge on any atom is -0.479 e. The molecule has 3 heterocycles. The Balaban J connectivity index is 1.43. The third kappa shape index (κ3) is 3.72. The molecule has 2 aliphatic rings. The summed E-state index contributed by atoms with van der Waals surface area (Å²) in [5.74, 6) is 0.673. The number of benzene rings is 2. The van der Waals surface area contributed by atoms with Crippen molar-refractivity contribution in [2.24, 2.45) is 0 Å². The van der Waals surface area contributed by atoms with Crippen LogP contribution in [0.15, 0.2) is 65.7 Å². The lowest BCUT2D eigenvalue weighted by atomic mass is 9.85. The van der Waals surface area contributed by atoms with Gasteiger partial charge in [-0.15, -0.1) is 0 Å². The van der Waals surface area contributed by atoms with E-state index in [4.69, 9.17) is 4.74 Å². The van der Waals surface area contributed by atoms with E-state index in [-0.39, 0.29) is 16.3 Å². The average molecular weight is 479 g/mol. The fraction of sp³-hybridized carbons (Fsp3) is 0.370. The summed E-state index contributed by atoms with van der Waals surface area (Å²) in [6, 6.07) is 18.9. The number of likely N-dealkylation sites (tertiary alicyclic amines) is 1. The van der Waals surface area contributed by atoms with Gasteiger partial charge in [0, 0.05) is 37.8 Å². The number of carbonyl (C=O) groups is 1. The van der Waals surface area contributed by atoms with Crippen LogP contribution in [0.25, 0.3) is 5.69 Å². The fourth-order valence-electron chi connectivity index (χ4n) is 5.03. The molecule has 1 spiro atoms. The lowest BCUT2D eigenvalue weighted by Gasteiger charge is -2.45. The van der Waals surface area contributed by atoms with E-state index in [1.807, 2.05) is 64.1 Å². The molecular formula is C27H30N2O4S. The summed E-state index contributed by atoms with van der Waals surface area (Å²) in [7, 11) is -3.43. The van der Waals surface area contributed by atoms with E-state index in [1.165, 1.54) is 11.8 Å². The number of piperidine rings is 1. The Kier molecular flexibility index (Phi) is 5.17. The van der Waals surface area contributed by atoms with E-state index in [9.17, 15) is 13.2 Å². The van der Waals surface area contributed by atoms with Crippen LogP contribution < -0.4 is 4.74 Å². The molecule has 1 saturated heterocycles. The summed E-state index contributed by atoms with van der Waals surface area (Å²) in [5.41, 5.74) is 2.79. The number of aromatic nitrogens is 1. The van der Waals surface area contributed by atoms with Crippen molar-refractivity contribution in [3.63, 3.8) is 0 Å². The van der Waals surface area contributed by atoms with Crippen LogP contribution in [0.2, 0.25) is 0 Å². The summed E-state index contributed by atoms with van der Waals surface area (Å²) < 4.78 is 33.4. The van der Waals surface area contributed by atoms with Gasteiger partial charge in [-0.05, 0) is 47.4 Å². The number of carbonyl (C=O) groups excluding carboxylic acids is 1. The van der Waals surface area contributed by atoms with Gasteiger partial charge in [0.1, 0.15) is 10.8 Å². The van der Waals surface area contributed by atoms with E-state index in [0.717, 1.165) is 11.4 Å². The van der Waals surface area contributed by atoms with E-state index >= 15 is 0 Å². The smallest absolute Gasteiger partial charge is 0.253 e. The van der Waals surface area contributed by atoms with Gasteiger partial charge in [-0.3, -0.25) is 9.36 Å². The fourth-order valence-corrected chi connectivity index (χ4v) is 5.87. The molecule has 0 N–H and O–H groups in total. The first-order valence-electron chi connectivity index (χ1n) is 11.6. The normalized spacial score (nSPS) is 17.1. The molecule has 1 amide bonds. The van der Waals surface area contributed by atoms with Gasteiger partial charge in [-0.1, -0.05) is 45.0 Å². The number of nitrogens with zero attached hydrogens (tertiary/aromatic N) is 2. The molecule has 1 aromatic heterocycles. The van der Waals surface area contributed by atoms with Crippen molar-refractivity contribution in [1.29, 1.82) is 0 Å². The van der Waals surface area contributed by atoms with Crippen LogP contribution in [-0.4, -0.2) is 43.1 Å². The first-order chi connectivity index (χ1) is 16.0. The predicted molar refractivity (Wildman–Crippen MR) is 131 cm³/mol. The molecule has 34 heavy (non-hydrogen) atoms. The number of ether oxygens (including phenoxy) is 1. The molecule has 0 unspecified atom stereocenters. The highest BCUT2D eigenvalue weighted by molar-refractivity contribution is 7.90. The van der Waals surface area contributed by atoms with Crippen molar-refractivity contribution in [2.75, 3.05) is 19.3 Å². The first-order valence-corrected chi connectivity index (χ1v) is 13.5. The highest BCUT2D eigenvalue weighted by Gasteiger charge is 2.46. The maximum atomic E-state index is 13.2. The van der Waals surface area contributed by atoms with Crippen molar-refractivity contribution in [3.05, 3.63) is 77.5 Å². The molecule has 2 aromatic carbocycles. The summed E-state index contributed by atoms with van der Waals surface area (Å²) in [5, 5.41) is 0.259. The van der Waals surface area contributed by atoms with Crippen molar-refractivity contribution < 1.29 is 17.9 Å². The lowest BCUT2D eigenvalue weighted by Crippen LogP contribution is -2.50. The molecule has 6 nitrogen and oxygen atoms in total. The molecule has 3 aromatic rings. The second kappa shape index (κ2) is 7.73. The van der Waals surface area contributed by atoms with Crippen LogP contribution >= 0.6 is 0 Å². The molecule has 0 aliphatic carbocycles. The van der Waals surface area contributed by atoms with Gasteiger partial charge < -0.3 is 9.64 Å². The highest BCUT2D eigenvalue weighted by atomic mass is 32.2. The highest BCUT2D eigenvalue weighted by Crippen LogP contribution is 2.46. The van der Waals surface area contributed by atoms with Gasteiger partial charge in [0.25, 0.3) is 5.91 Å². The first kappa shape index (κ1) is 22.7. The number of hydrogen-bond donors (Lipinski definition) is 0. The Hall–Kier alpha value is -3.06. The summed E-state index contributed by atoms with van der Waals surface area (Å²) in [6.07, 6.45) is 2.40. The summed E-state index contributed by atoms with van der Waals surface area (Å²) in [6.45, 7) is 7.52. The van der Waals surface area contributed by atoms with Crippen LogP contribution in [0.5, 0.6) is 5.75 Å². The number of fused-ring (bicyclic) bond motifs is 4. The number of rotatable bonds is 2. The third-order valence-electron chi connectivity index (χ3n) is 6.96. The number of para-hydroxylation sites is 2. The van der Waals surface area contributed by atoms with Crippen molar-refractivity contribution in [3.8, 4) is 11.4 Å². The zero-order valence-electron chi connectivity index (χ0n) is 20.0. The zero-order valence-corrected chi connectivity index (χ0v) is 20.9. The van der Waals surface area contributed by atoms with Gasteiger partial charge in [0.2, 0.25) is 0 Å². The minimum atomic E-state index is -3.43. The molecule has 0 saturated carbocycles. The van der Waals surface area contributed by atoms with Gasteiger partial charge in [-0.2, -0.15) is 0 Å². The molecule has 0 radical (unpaired) electrons. The van der Waals surface area contributed by atoms with E-state index in [2.05, 4.69) is 20.8 Å². The Bertz CT molecular complexity index is 1360. The zero-order chi connectivity index (χ0) is 24.3. The number of hydrogen-bond acceptors (Lipinski definition) is 4. The lowest BCUT2D eigenvalue weighted by molar-refractivity contribution is -0.00994. The monoisotopic (exact) mass is 478 g/mol. The molecule has 5 rings (SSSR count). The maximum Gasteiger partial charge on any atom is 0.253 e. The van der Waals surface area contributed by atoms with Crippen LogP contribution in [-0.2, 0) is 20.9 Å². The molecule has 0 atom stereocenters. The minimum absolute atomic E-state index is 0.0127. The molecule has 2 aliphatic heterocycles. The molecule has 7 heteroatoms. The standard InChI is InChI=1S/C27H30N2O4S/c1-26(2,3)20-11-9-19(10-12-20)25(30)28-17-15-27(16-18-28)23-13-14-24(34(4,31)32)29(23)21-7-5-6-8-22(21)33-27/h5-14H,15-18H2,1-4H3. The molecule has 178 valence electrons. The predicted octanol–water partition coefficient (Wildman–Crippen LogP) is 4.70. The van der Waals surface area contributed by atoms with Gasteiger partial charge >= 0.3 is 0 Å². The topological polar surface area (TPSA) is 68.6 Å². The molecule has 0 bridgehead atoms. The third-order valence-corrected chi connectivity index (χ3v) is 8.04. The van der Waals surface area contributed by atoms with Crippen LogP contribution in [0.3, 0.4) is 0 Å². The average Bonchev–Trinajstić information content (AvgIpc) is 3.26. The Morgan fingerprint density at radius 2 is 1.59 bits per heavy atom. The number of sulfone groups is 1. The van der Waals surface area contributed by atoms with Gasteiger partial charge in [0.05, 0.1) is 11.4 Å². The maximum absolute atomic E-state index is 13.2. The SMILES string of the molecule is CC(C)(C)c1ccc(C(=O)N2CCC3(CC2)Oc2ccccc2-n2c3ccc2S(C)(=O)=O)cc1. The Morgan fingerprint density at radius 1 is 0.941 bits per heavy atom. The second-order valence-electron chi connectivity index (χ2n) is 10.3. The number of amides is 1. The van der Waals surface area contributed by atoms with Crippen LogP contribution in [0.4, 0.5) is 0 Å². The van der Waals surface area contributed by atoms with Crippen LogP contribution in [0, 0.1) is 0 Å². The Morgan fingerprint density at radius 3 is 2.21 bits per heavy atom. The Labute approximate surface area is 201 Å². The second-order valence-corrected chi connectivity index (χ2v) is 12.3.